The Morgan fingerprint density at radius 1 is 1.54 bits per heavy atom. The number of hydrogen-bond acceptors (Lipinski definition) is 1. The third kappa shape index (κ3) is 2.88. The first kappa shape index (κ1) is 11.4. The molecule has 13 heavy (non-hydrogen) atoms. The number of aromatic nitrogens is 1. The second kappa shape index (κ2) is 4.22. The number of rotatable bonds is 2. The molecule has 1 rings (SSSR count). The van der Waals surface area contributed by atoms with Gasteiger partial charge in [-0.05, 0) is 11.6 Å². The van der Waals surface area contributed by atoms with Crippen molar-refractivity contribution in [2.45, 2.75) is 9.12 Å². The molecule has 6 heteroatoms. The maximum absolute atomic E-state index is 11.4. The lowest BCUT2D eigenvalue weighted by Gasteiger charge is -2.06. The molecule has 1 aromatic rings. The monoisotopic (exact) mass is 303 g/mol. The summed E-state index contributed by atoms with van der Waals surface area (Å²) in [7, 11) is 0. The van der Waals surface area contributed by atoms with Gasteiger partial charge in [0.05, 0.1) is 5.69 Å². The summed E-state index contributed by atoms with van der Waals surface area (Å²) in [6, 6.07) is 1.64. The number of H-pyrrole nitrogens is 1. The summed E-state index contributed by atoms with van der Waals surface area (Å²) in [5.41, 5.74) is 1.23. The van der Waals surface area contributed by atoms with E-state index in [-0.39, 0.29) is 0 Å². The zero-order valence-corrected chi connectivity index (χ0v) is 10.1. The van der Waals surface area contributed by atoms with Gasteiger partial charge >= 0.3 is 0 Å². The van der Waals surface area contributed by atoms with Crippen molar-refractivity contribution in [2.75, 3.05) is 0 Å². The zero-order valence-electron chi connectivity index (χ0n) is 6.28. The molecule has 0 radical (unpaired) electrons. The highest BCUT2D eigenvalue weighted by Crippen LogP contribution is 2.30. The second-order valence-electron chi connectivity index (χ2n) is 2.38. The van der Waals surface area contributed by atoms with Gasteiger partial charge in [-0.25, -0.2) is 0 Å². The zero-order chi connectivity index (χ0) is 10.1. The van der Waals surface area contributed by atoms with E-state index in [1.54, 1.807) is 12.3 Å². The van der Waals surface area contributed by atoms with Gasteiger partial charge in [0.2, 0.25) is 5.78 Å². The number of nitrogens with one attached hydrogen (secondary N) is 1. The predicted octanol–water partition coefficient (Wildman–Crippen LogP) is 3.46. The van der Waals surface area contributed by atoms with E-state index in [1.807, 2.05) is 0 Å². The van der Waals surface area contributed by atoms with Crippen LogP contribution < -0.4 is 0 Å². The van der Waals surface area contributed by atoms with Crippen molar-refractivity contribution in [3.05, 3.63) is 23.5 Å². The first-order valence-electron chi connectivity index (χ1n) is 3.30. The molecule has 72 valence electrons. The predicted molar refractivity (Wildman–Crippen MR) is 58.0 cm³/mol. The van der Waals surface area contributed by atoms with Gasteiger partial charge in [-0.2, -0.15) is 0 Å². The molecule has 0 unspecified atom stereocenters. The Morgan fingerprint density at radius 2 is 2.15 bits per heavy atom. The van der Waals surface area contributed by atoms with E-state index >= 15 is 0 Å². The van der Waals surface area contributed by atoms with Crippen molar-refractivity contribution >= 4 is 56.5 Å². The Bertz CT molecular complexity index is 318. The number of halogens is 4. The number of hydrogen-bond donors (Lipinski definition) is 1. The van der Waals surface area contributed by atoms with E-state index in [0.29, 0.717) is 11.0 Å². The molecule has 2 nitrogen and oxygen atoms in total. The second-order valence-corrected chi connectivity index (χ2v) is 5.22. The molecule has 0 aromatic carbocycles. The van der Waals surface area contributed by atoms with Gasteiger partial charge in [0, 0.05) is 11.5 Å². The molecule has 0 atom stereocenters. The lowest BCUT2D eigenvalue weighted by atomic mass is 10.3. The highest BCUT2D eigenvalue weighted by Gasteiger charge is 2.32. The molecule has 0 amide bonds. The number of carbonyl (C=O) groups excluding carboxylic acids is 1. The van der Waals surface area contributed by atoms with E-state index in [0.717, 1.165) is 5.56 Å². The molecule has 0 bridgehead atoms. The highest BCUT2D eigenvalue weighted by atomic mass is 79.9. The fourth-order valence-corrected chi connectivity index (χ4v) is 1.43. The first-order valence-corrected chi connectivity index (χ1v) is 5.55. The average molecular weight is 305 g/mol. The molecule has 1 heterocycles. The third-order valence-electron chi connectivity index (χ3n) is 1.40. The minimum absolute atomic E-state index is 0.300. The smallest absolute Gasteiger partial charge is 0.254 e. The molecule has 0 aliphatic carbocycles. The Kier molecular flexibility index (Phi) is 3.69. The maximum atomic E-state index is 11.4. The molecular weight excluding hydrogens is 300 g/mol. The summed E-state index contributed by atoms with van der Waals surface area (Å²) in [4.78, 5) is 14.1. The fourth-order valence-electron chi connectivity index (χ4n) is 0.800. The SMILES string of the molecule is O=C(c1cc(CBr)c[nH]1)C(Cl)(Cl)Cl. The molecule has 0 spiro atoms. The summed E-state index contributed by atoms with van der Waals surface area (Å²) in [5, 5.41) is 0.649. The Balaban J connectivity index is 2.90. The molecule has 0 fully saturated rings. The number of alkyl halides is 4. The quantitative estimate of drug-likeness (QED) is 0.659. The summed E-state index contributed by atoms with van der Waals surface area (Å²) in [5.74, 6) is -0.551. The van der Waals surface area contributed by atoms with Crippen molar-refractivity contribution in [1.82, 2.24) is 4.98 Å². The first-order chi connectivity index (χ1) is 5.95. The lowest BCUT2D eigenvalue weighted by molar-refractivity contribution is 0.0992. The molecule has 1 aromatic heterocycles. The fraction of sp³-hybridized carbons (Fsp3) is 0.286. The van der Waals surface area contributed by atoms with Crippen molar-refractivity contribution in [1.29, 1.82) is 0 Å². The van der Waals surface area contributed by atoms with E-state index < -0.39 is 9.58 Å². The molecule has 0 saturated carbocycles. The Labute approximate surface area is 98.7 Å². The van der Waals surface area contributed by atoms with Crippen LogP contribution in [0.4, 0.5) is 0 Å². The van der Waals surface area contributed by atoms with Gasteiger partial charge in [-0.1, -0.05) is 50.7 Å². The van der Waals surface area contributed by atoms with E-state index in [4.69, 9.17) is 34.8 Å². The number of aromatic amines is 1. The van der Waals surface area contributed by atoms with Gasteiger partial charge in [0.15, 0.2) is 0 Å². The van der Waals surface area contributed by atoms with Crippen LogP contribution in [-0.2, 0) is 5.33 Å². The summed E-state index contributed by atoms with van der Waals surface area (Å²) >= 11 is 19.5. The number of ketones is 1. The average Bonchev–Trinajstić information content (AvgIpc) is 2.48. The Hall–Kier alpha value is 0.300. The van der Waals surface area contributed by atoms with Gasteiger partial charge in [-0.3, -0.25) is 4.79 Å². The van der Waals surface area contributed by atoms with E-state index in [2.05, 4.69) is 20.9 Å². The van der Waals surface area contributed by atoms with Crippen LogP contribution >= 0.6 is 50.7 Å². The van der Waals surface area contributed by atoms with Gasteiger partial charge in [-0.15, -0.1) is 0 Å². The summed E-state index contributed by atoms with van der Waals surface area (Å²) < 4.78 is -1.89. The van der Waals surface area contributed by atoms with E-state index in [9.17, 15) is 4.79 Å². The van der Waals surface area contributed by atoms with Crippen molar-refractivity contribution in [2.24, 2.45) is 0 Å². The van der Waals surface area contributed by atoms with Crippen molar-refractivity contribution < 1.29 is 4.79 Å². The molecular formula is C7H5BrCl3NO. The number of carbonyl (C=O) groups is 1. The van der Waals surface area contributed by atoms with Crippen molar-refractivity contribution in [3.63, 3.8) is 0 Å². The molecule has 0 saturated heterocycles. The summed E-state index contributed by atoms with van der Waals surface area (Å²) in [6.07, 6.45) is 1.68. The van der Waals surface area contributed by atoms with Crippen LogP contribution in [0.15, 0.2) is 12.3 Å². The minimum atomic E-state index is -1.89. The number of Topliss-reactive ketones (excluding diaryl/α,β-unsaturated/α-hetero) is 1. The van der Waals surface area contributed by atoms with Crippen LogP contribution in [0.1, 0.15) is 16.1 Å². The van der Waals surface area contributed by atoms with Crippen LogP contribution in [0.3, 0.4) is 0 Å². The van der Waals surface area contributed by atoms with Crippen LogP contribution in [-0.4, -0.2) is 14.6 Å². The van der Waals surface area contributed by atoms with Crippen molar-refractivity contribution in [3.8, 4) is 0 Å². The third-order valence-corrected chi connectivity index (χ3v) is 2.56. The normalized spacial score (nSPS) is 11.7. The van der Waals surface area contributed by atoms with Gasteiger partial charge < -0.3 is 4.98 Å². The van der Waals surface area contributed by atoms with Crippen LogP contribution in [0, 0.1) is 0 Å². The standard InChI is InChI=1S/C7H5BrCl3NO/c8-2-4-1-5(12-3-4)6(13)7(9,10)11/h1,3,12H,2H2. The van der Waals surface area contributed by atoms with Crippen LogP contribution in [0.25, 0.3) is 0 Å². The molecule has 0 aliphatic heterocycles. The molecule has 1 N–H and O–H groups in total. The minimum Gasteiger partial charge on any atom is -0.358 e. The van der Waals surface area contributed by atoms with Crippen LogP contribution in [0.2, 0.25) is 0 Å². The molecule has 0 aliphatic rings. The summed E-state index contributed by atoms with van der Waals surface area (Å²) in [6.45, 7) is 0. The highest BCUT2D eigenvalue weighted by molar-refractivity contribution is 9.08. The largest absolute Gasteiger partial charge is 0.358 e. The van der Waals surface area contributed by atoms with E-state index in [1.165, 1.54) is 0 Å². The lowest BCUT2D eigenvalue weighted by Crippen LogP contribution is -2.19. The topological polar surface area (TPSA) is 32.9 Å². The van der Waals surface area contributed by atoms with Crippen LogP contribution in [0.5, 0.6) is 0 Å². The van der Waals surface area contributed by atoms with Gasteiger partial charge in [0.25, 0.3) is 3.79 Å². The van der Waals surface area contributed by atoms with Gasteiger partial charge in [0.1, 0.15) is 0 Å². The Morgan fingerprint density at radius 3 is 2.54 bits per heavy atom. The maximum Gasteiger partial charge on any atom is 0.254 e.